The minimum Gasteiger partial charge on any atom is -0.387 e. The Labute approximate surface area is 117 Å². The summed E-state index contributed by atoms with van der Waals surface area (Å²) in [4.78, 5) is 0. The Kier molecular flexibility index (Phi) is 5.21. The van der Waals surface area contributed by atoms with E-state index in [2.05, 4.69) is 5.32 Å². The van der Waals surface area contributed by atoms with E-state index in [9.17, 15) is 13.9 Å². The van der Waals surface area contributed by atoms with Gasteiger partial charge in [0.05, 0.1) is 6.10 Å². The smallest absolute Gasteiger partial charge is 0.123 e. The van der Waals surface area contributed by atoms with Crippen molar-refractivity contribution in [2.45, 2.75) is 12.5 Å². The molecule has 4 heteroatoms. The zero-order valence-electron chi connectivity index (χ0n) is 11.0. The maximum Gasteiger partial charge on any atom is 0.123 e. The highest BCUT2D eigenvalue weighted by Gasteiger charge is 2.06. The highest BCUT2D eigenvalue weighted by Crippen LogP contribution is 2.12. The molecule has 106 valence electrons. The van der Waals surface area contributed by atoms with Crippen LogP contribution in [0.2, 0.25) is 0 Å². The summed E-state index contributed by atoms with van der Waals surface area (Å²) in [5, 5.41) is 13.0. The van der Waals surface area contributed by atoms with Crippen molar-refractivity contribution in [1.29, 1.82) is 0 Å². The molecular weight excluding hydrogens is 260 g/mol. The fourth-order valence-corrected chi connectivity index (χ4v) is 1.97. The largest absolute Gasteiger partial charge is 0.387 e. The Morgan fingerprint density at radius 3 is 2.45 bits per heavy atom. The van der Waals surface area contributed by atoms with Crippen molar-refractivity contribution in [2.75, 3.05) is 13.1 Å². The van der Waals surface area contributed by atoms with Crippen LogP contribution < -0.4 is 5.32 Å². The van der Waals surface area contributed by atoms with E-state index in [-0.39, 0.29) is 11.6 Å². The van der Waals surface area contributed by atoms with E-state index in [0.717, 1.165) is 5.56 Å². The van der Waals surface area contributed by atoms with Crippen LogP contribution in [-0.4, -0.2) is 18.2 Å². The number of aliphatic hydroxyl groups is 1. The van der Waals surface area contributed by atoms with Crippen LogP contribution in [-0.2, 0) is 6.42 Å². The zero-order chi connectivity index (χ0) is 14.4. The second kappa shape index (κ2) is 7.12. The summed E-state index contributed by atoms with van der Waals surface area (Å²) in [7, 11) is 0. The molecule has 0 saturated heterocycles. The number of rotatable bonds is 6. The Hall–Kier alpha value is -1.78. The SMILES string of the molecule is OC(CNCCc1cccc(F)c1)c1ccc(F)cc1. The number of nitrogens with one attached hydrogen (secondary N) is 1. The molecule has 0 radical (unpaired) electrons. The Balaban J connectivity index is 1.74. The van der Waals surface area contributed by atoms with Crippen LogP contribution in [0.3, 0.4) is 0 Å². The Morgan fingerprint density at radius 1 is 1.00 bits per heavy atom. The number of hydrogen-bond acceptors (Lipinski definition) is 2. The Bertz CT molecular complexity index is 542. The van der Waals surface area contributed by atoms with Gasteiger partial charge in [-0.05, 0) is 48.4 Å². The molecule has 2 rings (SSSR count). The first-order valence-corrected chi connectivity index (χ1v) is 6.54. The minimum absolute atomic E-state index is 0.242. The molecule has 0 amide bonds. The lowest BCUT2D eigenvalue weighted by atomic mass is 10.1. The molecule has 2 aromatic rings. The van der Waals surface area contributed by atoms with Gasteiger partial charge < -0.3 is 10.4 Å². The fraction of sp³-hybridized carbons (Fsp3) is 0.250. The molecule has 20 heavy (non-hydrogen) atoms. The summed E-state index contributed by atoms with van der Waals surface area (Å²) < 4.78 is 25.7. The third kappa shape index (κ3) is 4.40. The van der Waals surface area contributed by atoms with Crippen LogP contribution >= 0.6 is 0 Å². The summed E-state index contributed by atoms with van der Waals surface area (Å²) in [6.45, 7) is 1.02. The first-order valence-electron chi connectivity index (χ1n) is 6.54. The van der Waals surface area contributed by atoms with Gasteiger partial charge in [0.1, 0.15) is 11.6 Å². The van der Waals surface area contributed by atoms with Crippen LogP contribution in [0.25, 0.3) is 0 Å². The average molecular weight is 277 g/mol. The predicted molar refractivity (Wildman–Crippen MR) is 74.3 cm³/mol. The van der Waals surface area contributed by atoms with Gasteiger partial charge >= 0.3 is 0 Å². The second-order valence-corrected chi connectivity index (χ2v) is 4.65. The Morgan fingerprint density at radius 2 is 1.75 bits per heavy atom. The third-order valence-corrected chi connectivity index (χ3v) is 3.07. The molecule has 1 unspecified atom stereocenters. The standard InChI is InChI=1S/C16H17F2NO/c17-14-6-4-13(5-7-14)16(20)11-19-9-8-12-2-1-3-15(18)10-12/h1-7,10,16,19-20H,8-9,11H2. The van der Waals surface area contributed by atoms with Crippen LogP contribution in [0.4, 0.5) is 8.78 Å². The van der Waals surface area contributed by atoms with Gasteiger partial charge in [-0.15, -0.1) is 0 Å². The van der Waals surface area contributed by atoms with Crippen LogP contribution in [0.1, 0.15) is 17.2 Å². The summed E-state index contributed by atoms with van der Waals surface area (Å²) in [6, 6.07) is 12.2. The van der Waals surface area contributed by atoms with Gasteiger partial charge in [-0.2, -0.15) is 0 Å². The molecule has 0 saturated carbocycles. The first kappa shape index (κ1) is 14.6. The average Bonchev–Trinajstić information content (AvgIpc) is 2.44. The lowest BCUT2D eigenvalue weighted by Crippen LogP contribution is -2.23. The summed E-state index contributed by atoms with van der Waals surface area (Å²) in [6.07, 6.45) is 0.0107. The topological polar surface area (TPSA) is 32.3 Å². The van der Waals surface area contributed by atoms with Gasteiger partial charge in [0.2, 0.25) is 0 Å². The molecule has 2 aromatic carbocycles. The number of aliphatic hydroxyl groups excluding tert-OH is 1. The van der Waals surface area contributed by atoms with Crippen LogP contribution in [0.5, 0.6) is 0 Å². The highest BCUT2D eigenvalue weighted by molar-refractivity contribution is 5.19. The molecule has 0 spiro atoms. The second-order valence-electron chi connectivity index (χ2n) is 4.65. The van der Waals surface area contributed by atoms with Crippen molar-refractivity contribution in [3.8, 4) is 0 Å². The van der Waals surface area contributed by atoms with Gasteiger partial charge in [-0.1, -0.05) is 24.3 Å². The van der Waals surface area contributed by atoms with Crippen molar-refractivity contribution in [2.24, 2.45) is 0 Å². The van der Waals surface area contributed by atoms with E-state index < -0.39 is 6.10 Å². The predicted octanol–water partition coefficient (Wildman–Crippen LogP) is 2.83. The molecule has 2 N–H and O–H groups in total. The monoisotopic (exact) mass is 277 g/mol. The van der Waals surface area contributed by atoms with E-state index in [1.54, 1.807) is 18.2 Å². The normalized spacial score (nSPS) is 12.3. The maximum atomic E-state index is 13.0. The number of hydrogen-bond donors (Lipinski definition) is 2. The molecule has 0 fully saturated rings. The van der Waals surface area contributed by atoms with Gasteiger partial charge in [0.25, 0.3) is 0 Å². The molecule has 0 bridgehead atoms. The van der Waals surface area contributed by atoms with Gasteiger partial charge in [-0.25, -0.2) is 8.78 Å². The fourth-order valence-electron chi connectivity index (χ4n) is 1.97. The van der Waals surface area contributed by atoms with E-state index in [4.69, 9.17) is 0 Å². The van der Waals surface area contributed by atoms with Crippen molar-refractivity contribution in [1.82, 2.24) is 5.32 Å². The van der Waals surface area contributed by atoms with Crippen molar-refractivity contribution in [3.05, 3.63) is 71.3 Å². The lowest BCUT2D eigenvalue weighted by molar-refractivity contribution is 0.175. The third-order valence-electron chi connectivity index (χ3n) is 3.07. The quantitative estimate of drug-likeness (QED) is 0.796. The van der Waals surface area contributed by atoms with Crippen molar-refractivity contribution >= 4 is 0 Å². The lowest BCUT2D eigenvalue weighted by Gasteiger charge is -2.12. The molecule has 0 aliphatic carbocycles. The zero-order valence-corrected chi connectivity index (χ0v) is 11.0. The maximum absolute atomic E-state index is 13.0. The highest BCUT2D eigenvalue weighted by atomic mass is 19.1. The van der Waals surface area contributed by atoms with Crippen molar-refractivity contribution < 1.29 is 13.9 Å². The van der Waals surface area contributed by atoms with Gasteiger partial charge in [0, 0.05) is 6.54 Å². The van der Waals surface area contributed by atoms with Crippen molar-refractivity contribution in [3.63, 3.8) is 0 Å². The molecule has 0 heterocycles. The first-order chi connectivity index (χ1) is 9.65. The molecule has 0 aliphatic heterocycles. The molecule has 0 aliphatic rings. The van der Waals surface area contributed by atoms with Crippen LogP contribution in [0.15, 0.2) is 48.5 Å². The molecule has 1 atom stereocenters. The molecule has 2 nitrogen and oxygen atoms in total. The number of benzene rings is 2. The van der Waals surface area contributed by atoms with E-state index in [1.807, 2.05) is 6.07 Å². The van der Waals surface area contributed by atoms with Gasteiger partial charge in [0.15, 0.2) is 0 Å². The van der Waals surface area contributed by atoms with E-state index >= 15 is 0 Å². The molecule has 0 aromatic heterocycles. The summed E-state index contributed by atoms with van der Waals surface area (Å²) >= 11 is 0. The molecular formula is C16H17F2NO. The summed E-state index contributed by atoms with van der Waals surface area (Å²) in [5.74, 6) is -0.561. The van der Waals surface area contributed by atoms with E-state index in [1.165, 1.54) is 24.3 Å². The van der Waals surface area contributed by atoms with Gasteiger partial charge in [-0.3, -0.25) is 0 Å². The number of halogens is 2. The van der Waals surface area contributed by atoms with Crippen LogP contribution in [0, 0.1) is 11.6 Å². The summed E-state index contributed by atoms with van der Waals surface area (Å²) in [5.41, 5.74) is 1.58. The minimum atomic E-state index is -0.678. The van der Waals surface area contributed by atoms with E-state index in [0.29, 0.717) is 25.1 Å².